The first-order valence-electron chi connectivity index (χ1n) is 7.65. The number of hydrogen-bond acceptors (Lipinski definition) is 4. The summed E-state index contributed by atoms with van der Waals surface area (Å²) in [4.78, 5) is 6.47. The van der Waals surface area contributed by atoms with E-state index in [9.17, 15) is 8.42 Å². The Morgan fingerprint density at radius 3 is 2.86 bits per heavy atom. The fraction of sp³-hybridized carbons (Fsp3) is 0.667. The zero-order valence-corrected chi connectivity index (χ0v) is 15.0. The van der Waals surface area contributed by atoms with E-state index in [-0.39, 0.29) is 4.90 Å². The minimum absolute atomic E-state index is 0.233. The van der Waals surface area contributed by atoms with E-state index in [4.69, 9.17) is 11.6 Å². The van der Waals surface area contributed by atoms with Crippen molar-refractivity contribution in [1.29, 1.82) is 0 Å². The first-order chi connectivity index (χ1) is 10.3. The van der Waals surface area contributed by atoms with Gasteiger partial charge in [0.1, 0.15) is 10.0 Å². The van der Waals surface area contributed by atoms with E-state index in [2.05, 4.69) is 23.9 Å². The van der Waals surface area contributed by atoms with Crippen LogP contribution in [-0.2, 0) is 10.0 Å². The van der Waals surface area contributed by atoms with Gasteiger partial charge in [-0.05, 0) is 50.9 Å². The third-order valence-corrected chi connectivity index (χ3v) is 6.28. The molecule has 1 atom stereocenters. The lowest BCUT2D eigenvalue weighted by atomic mass is 10.1. The normalized spacial score (nSPS) is 20.0. The van der Waals surface area contributed by atoms with Crippen LogP contribution in [0.2, 0.25) is 5.15 Å². The molecule has 124 valence electrons. The highest BCUT2D eigenvalue weighted by Gasteiger charge is 2.33. The van der Waals surface area contributed by atoms with Gasteiger partial charge in [-0.15, -0.1) is 0 Å². The van der Waals surface area contributed by atoms with Gasteiger partial charge in [-0.25, -0.2) is 13.4 Å². The van der Waals surface area contributed by atoms with Crippen molar-refractivity contribution < 1.29 is 8.42 Å². The first kappa shape index (κ1) is 17.7. The van der Waals surface area contributed by atoms with Crippen LogP contribution < -0.4 is 0 Å². The molecule has 1 aromatic heterocycles. The summed E-state index contributed by atoms with van der Waals surface area (Å²) in [5.41, 5.74) is 0.682. The second-order valence-corrected chi connectivity index (χ2v) is 8.35. The summed E-state index contributed by atoms with van der Waals surface area (Å²) in [6.45, 7) is 7.06. The Labute approximate surface area is 138 Å². The molecule has 1 aliphatic heterocycles. The zero-order chi connectivity index (χ0) is 16.3. The van der Waals surface area contributed by atoms with E-state index in [1.54, 1.807) is 17.3 Å². The fourth-order valence-electron chi connectivity index (χ4n) is 2.90. The molecule has 0 bridgehead atoms. The molecule has 0 radical (unpaired) electrons. The van der Waals surface area contributed by atoms with Gasteiger partial charge in [0.2, 0.25) is 10.0 Å². The molecule has 5 nitrogen and oxygen atoms in total. The standard InChI is InChI=1S/C15H24ClN3O2S/c1-4-6-18(3)10-13-5-7-19(11-13)22(20,21)14-8-12(2)15(16)17-9-14/h8-9,13H,4-7,10-11H2,1-3H3. The van der Waals surface area contributed by atoms with Crippen LogP contribution >= 0.6 is 11.6 Å². The summed E-state index contributed by atoms with van der Waals surface area (Å²) in [6, 6.07) is 1.60. The van der Waals surface area contributed by atoms with Gasteiger partial charge in [0.15, 0.2) is 0 Å². The summed E-state index contributed by atoms with van der Waals surface area (Å²) >= 11 is 5.88. The van der Waals surface area contributed by atoms with Gasteiger partial charge in [0.05, 0.1) is 0 Å². The van der Waals surface area contributed by atoms with Crippen molar-refractivity contribution in [2.45, 2.75) is 31.6 Å². The number of aromatic nitrogens is 1. The molecule has 2 heterocycles. The second-order valence-electron chi connectivity index (χ2n) is 6.06. The van der Waals surface area contributed by atoms with Crippen LogP contribution in [0.5, 0.6) is 0 Å². The predicted octanol–water partition coefficient (Wildman–Crippen LogP) is 2.40. The van der Waals surface area contributed by atoms with Crippen molar-refractivity contribution in [3.63, 3.8) is 0 Å². The lowest BCUT2D eigenvalue weighted by Crippen LogP contribution is -2.32. The maximum atomic E-state index is 12.7. The van der Waals surface area contributed by atoms with E-state index < -0.39 is 10.0 Å². The Hall–Kier alpha value is -0.690. The monoisotopic (exact) mass is 345 g/mol. The molecule has 22 heavy (non-hydrogen) atoms. The summed E-state index contributed by atoms with van der Waals surface area (Å²) < 4.78 is 26.9. The molecule has 0 aliphatic carbocycles. The lowest BCUT2D eigenvalue weighted by molar-refractivity contribution is 0.281. The van der Waals surface area contributed by atoms with Crippen molar-refractivity contribution >= 4 is 21.6 Å². The molecule has 0 amide bonds. The molecule has 1 aliphatic rings. The van der Waals surface area contributed by atoms with Crippen molar-refractivity contribution in [2.24, 2.45) is 5.92 Å². The van der Waals surface area contributed by atoms with Crippen LogP contribution in [0, 0.1) is 12.8 Å². The Balaban J connectivity index is 2.06. The highest BCUT2D eigenvalue weighted by molar-refractivity contribution is 7.89. The summed E-state index contributed by atoms with van der Waals surface area (Å²) in [7, 11) is -1.37. The number of sulfonamides is 1. The summed E-state index contributed by atoms with van der Waals surface area (Å²) in [5, 5.41) is 0.347. The number of halogens is 1. The van der Waals surface area contributed by atoms with Crippen LogP contribution in [0.15, 0.2) is 17.2 Å². The highest BCUT2D eigenvalue weighted by atomic mass is 35.5. The minimum Gasteiger partial charge on any atom is -0.306 e. The molecule has 7 heteroatoms. The Bertz CT molecular complexity index is 621. The minimum atomic E-state index is -3.47. The number of rotatable bonds is 6. The second kappa shape index (κ2) is 7.25. The molecule has 2 rings (SSSR count). The predicted molar refractivity (Wildman–Crippen MR) is 88.6 cm³/mol. The van der Waals surface area contributed by atoms with E-state index >= 15 is 0 Å². The third kappa shape index (κ3) is 3.98. The topological polar surface area (TPSA) is 53.5 Å². The fourth-order valence-corrected chi connectivity index (χ4v) is 4.57. The number of hydrogen-bond donors (Lipinski definition) is 0. The van der Waals surface area contributed by atoms with Crippen molar-refractivity contribution in [3.05, 3.63) is 23.0 Å². The molecule has 1 unspecified atom stereocenters. The number of nitrogens with zero attached hydrogens (tertiary/aromatic N) is 3. The van der Waals surface area contributed by atoms with Gasteiger partial charge in [0.25, 0.3) is 0 Å². The Morgan fingerprint density at radius 1 is 1.50 bits per heavy atom. The number of pyridine rings is 1. The van der Waals surface area contributed by atoms with Crippen molar-refractivity contribution in [3.8, 4) is 0 Å². The maximum absolute atomic E-state index is 12.7. The maximum Gasteiger partial charge on any atom is 0.244 e. The van der Waals surface area contributed by atoms with Crippen molar-refractivity contribution in [2.75, 3.05) is 33.2 Å². The summed E-state index contributed by atoms with van der Waals surface area (Å²) in [6.07, 6.45) is 3.37. The summed E-state index contributed by atoms with van der Waals surface area (Å²) in [5.74, 6) is 0.396. The van der Waals surface area contributed by atoms with Crippen LogP contribution in [0.1, 0.15) is 25.3 Å². The SMILES string of the molecule is CCCN(C)CC1CCN(S(=O)(=O)c2cnc(Cl)c(C)c2)C1. The first-order valence-corrected chi connectivity index (χ1v) is 9.47. The average Bonchev–Trinajstić information content (AvgIpc) is 2.91. The van der Waals surface area contributed by atoms with Gasteiger partial charge >= 0.3 is 0 Å². The smallest absolute Gasteiger partial charge is 0.244 e. The Morgan fingerprint density at radius 2 is 2.23 bits per heavy atom. The molecular formula is C15H24ClN3O2S. The molecule has 1 saturated heterocycles. The van der Waals surface area contributed by atoms with Gasteiger partial charge in [0, 0.05) is 25.8 Å². The highest BCUT2D eigenvalue weighted by Crippen LogP contribution is 2.26. The molecular weight excluding hydrogens is 322 g/mol. The van der Waals surface area contributed by atoms with Crippen LogP contribution in [0.4, 0.5) is 0 Å². The Kier molecular flexibility index (Phi) is 5.82. The van der Waals surface area contributed by atoms with Gasteiger partial charge in [-0.2, -0.15) is 4.31 Å². The third-order valence-electron chi connectivity index (χ3n) is 4.05. The molecule has 0 saturated carbocycles. The van der Waals surface area contributed by atoms with E-state index in [0.717, 1.165) is 25.9 Å². The van der Waals surface area contributed by atoms with E-state index in [1.165, 1.54) is 6.20 Å². The van der Waals surface area contributed by atoms with Crippen LogP contribution in [0.3, 0.4) is 0 Å². The molecule has 1 aromatic rings. The van der Waals surface area contributed by atoms with E-state index in [0.29, 0.717) is 29.7 Å². The molecule has 1 fully saturated rings. The van der Waals surface area contributed by atoms with E-state index in [1.807, 2.05) is 0 Å². The molecule has 0 aromatic carbocycles. The zero-order valence-electron chi connectivity index (χ0n) is 13.4. The van der Waals surface area contributed by atoms with Crippen LogP contribution in [0.25, 0.3) is 0 Å². The number of aryl methyl sites for hydroxylation is 1. The van der Waals surface area contributed by atoms with Gasteiger partial charge in [-0.1, -0.05) is 18.5 Å². The molecule has 0 spiro atoms. The largest absolute Gasteiger partial charge is 0.306 e. The van der Waals surface area contributed by atoms with Gasteiger partial charge in [-0.3, -0.25) is 0 Å². The average molecular weight is 346 g/mol. The quantitative estimate of drug-likeness (QED) is 0.743. The lowest BCUT2D eigenvalue weighted by Gasteiger charge is -2.21. The molecule has 0 N–H and O–H groups in total. The van der Waals surface area contributed by atoms with Gasteiger partial charge < -0.3 is 4.90 Å². The van der Waals surface area contributed by atoms with Crippen LogP contribution in [-0.4, -0.2) is 55.8 Å². The van der Waals surface area contributed by atoms with Crippen molar-refractivity contribution in [1.82, 2.24) is 14.2 Å².